The van der Waals surface area contributed by atoms with Gasteiger partial charge in [0.25, 0.3) is 11.6 Å². The molecule has 9 heteroatoms. The van der Waals surface area contributed by atoms with E-state index in [2.05, 4.69) is 4.98 Å². The Morgan fingerprint density at radius 1 is 1.15 bits per heavy atom. The van der Waals surface area contributed by atoms with Crippen LogP contribution in [0.15, 0.2) is 24.3 Å². The van der Waals surface area contributed by atoms with Crippen molar-refractivity contribution in [2.45, 2.75) is 0 Å². The minimum atomic E-state index is -1.19. The first-order valence-corrected chi connectivity index (χ1v) is 5.12. The van der Waals surface area contributed by atoms with Crippen LogP contribution in [-0.2, 0) is 0 Å². The molecule has 0 atom stereocenters. The number of aromatic nitrogens is 1. The topological polar surface area (TPSA) is 91.3 Å². The predicted octanol–water partition coefficient (Wildman–Crippen LogP) is 2.78. The maximum absolute atomic E-state index is 13.5. The van der Waals surface area contributed by atoms with Gasteiger partial charge >= 0.3 is 0 Å². The first-order valence-electron chi connectivity index (χ1n) is 5.12. The molecule has 20 heavy (non-hydrogen) atoms. The number of rotatable bonds is 3. The molecule has 2 rings (SSSR count). The first-order chi connectivity index (χ1) is 9.38. The van der Waals surface area contributed by atoms with Gasteiger partial charge in [0.15, 0.2) is 29.0 Å². The maximum Gasteiger partial charge on any atom is 0.272 e. The number of halogens is 3. The van der Waals surface area contributed by atoms with Crippen LogP contribution < -0.4 is 10.5 Å². The number of non-ortho nitro benzene ring substituents is 1. The largest absolute Gasteiger partial charge is 0.433 e. The van der Waals surface area contributed by atoms with Gasteiger partial charge in [-0.05, 0) is 6.07 Å². The molecule has 0 fully saturated rings. The van der Waals surface area contributed by atoms with Crippen LogP contribution in [0.25, 0.3) is 0 Å². The molecule has 0 saturated carbocycles. The third kappa shape index (κ3) is 2.60. The average Bonchev–Trinajstić information content (AvgIpc) is 2.37. The second-order valence-corrected chi connectivity index (χ2v) is 3.62. The van der Waals surface area contributed by atoms with Crippen LogP contribution in [0.2, 0.25) is 0 Å². The Bertz CT molecular complexity index is 694. The molecule has 104 valence electrons. The smallest absolute Gasteiger partial charge is 0.272 e. The molecule has 0 spiro atoms. The molecule has 6 nitrogen and oxygen atoms in total. The van der Waals surface area contributed by atoms with Gasteiger partial charge in [-0.3, -0.25) is 10.1 Å². The van der Waals surface area contributed by atoms with Crippen LogP contribution in [0.1, 0.15) is 0 Å². The first kappa shape index (κ1) is 13.6. The van der Waals surface area contributed by atoms with Gasteiger partial charge in [-0.1, -0.05) is 0 Å². The number of nitrogen functional groups attached to an aromatic ring is 1. The van der Waals surface area contributed by atoms with Crippen LogP contribution in [0.4, 0.5) is 24.7 Å². The number of pyridine rings is 1. The van der Waals surface area contributed by atoms with E-state index < -0.39 is 45.5 Å². The Kier molecular flexibility index (Phi) is 3.42. The van der Waals surface area contributed by atoms with Crippen molar-refractivity contribution in [3.8, 4) is 11.6 Å². The Balaban J connectivity index is 2.35. The normalized spacial score (nSPS) is 10.3. The van der Waals surface area contributed by atoms with Gasteiger partial charge in [0.1, 0.15) is 0 Å². The van der Waals surface area contributed by atoms with Crippen LogP contribution in [-0.4, -0.2) is 9.91 Å². The number of nitro benzene ring substituents is 1. The van der Waals surface area contributed by atoms with Gasteiger partial charge in [-0.2, -0.15) is 4.98 Å². The molecular weight excluding hydrogens is 279 g/mol. The second-order valence-electron chi connectivity index (χ2n) is 3.62. The quantitative estimate of drug-likeness (QED) is 0.691. The van der Waals surface area contributed by atoms with Crippen LogP contribution in [0.5, 0.6) is 11.6 Å². The van der Waals surface area contributed by atoms with E-state index >= 15 is 0 Å². The molecule has 1 heterocycles. The molecule has 0 amide bonds. The summed E-state index contributed by atoms with van der Waals surface area (Å²) in [5.41, 5.74) is 4.63. The SMILES string of the molecule is Nc1nc(Oc2ccc([N+](=O)[O-])cc2F)c(F)cc1F. The lowest BCUT2D eigenvalue weighted by molar-refractivity contribution is -0.385. The van der Waals surface area contributed by atoms with Crippen molar-refractivity contribution >= 4 is 11.5 Å². The third-order valence-corrected chi connectivity index (χ3v) is 2.26. The zero-order valence-electron chi connectivity index (χ0n) is 9.64. The average molecular weight is 285 g/mol. The van der Waals surface area contributed by atoms with Gasteiger partial charge in [0.2, 0.25) is 0 Å². The Morgan fingerprint density at radius 3 is 2.45 bits per heavy atom. The van der Waals surface area contributed by atoms with Crippen molar-refractivity contribution in [2.75, 3.05) is 5.73 Å². The van der Waals surface area contributed by atoms with Crippen molar-refractivity contribution in [3.63, 3.8) is 0 Å². The minimum absolute atomic E-state index is 0.432. The van der Waals surface area contributed by atoms with Crippen LogP contribution in [0.3, 0.4) is 0 Å². The van der Waals surface area contributed by atoms with E-state index in [0.29, 0.717) is 12.1 Å². The molecule has 1 aromatic heterocycles. The lowest BCUT2D eigenvalue weighted by Crippen LogP contribution is -2.01. The van der Waals surface area contributed by atoms with Crippen molar-refractivity contribution in [1.29, 1.82) is 0 Å². The zero-order chi connectivity index (χ0) is 14.9. The van der Waals surface area contributed by atoms with Crippen molar-refractivity contribution in [3.05, 3.63) is 51.8 Å². The van der Waals surface area contributed by atoms with Crippen molar-refractivity contribution in [1.82, 2.24) is 4.98 Å². The number of benzene rings is 1. The summed E-state index contributed by atoms with van der Waals surface area (Å²) >= 11 is 0. The summed E-state index contributed by atoms with van der Waals surface area (Å²) < 4.78 is 44.5. The molecule has 0 aliphatic rings. The maximum atomic E-state index is 13.5. The fraction of sp³-hybridized carbons (Fsp3) is 0. The number of anilines is 1. The standard InChI is InChI=1S/C11H6F3N3O3/c12-6-3-5(17(18)19)1-2-9(6)20-11-8(14)4-7(13)10(15)16-11/h1-4H,(H2,15,16). The number of ether oxygens (including phenoxy) is 1. The molecule has 2 aromatic rings. The van der Waals surface area contributed by atoms with Crippen molar-refractivity contribution in [2.24, 2.45) is 0 Å². The Hall–Kier alpha value is -2.84. The molecule has 0 aliphatic carbocycles. The van der Waals surface area contributed by atoms with Crippen LogP contribution >= 0.6 is 0 Å². The van der Waals surface area contributed by atoms with E-state index in [9.17, 15) is 23.3 Å². The number of hydrogen-bond acceptors (Lipinski definition) is 5. The van der Waals surface area contributed by atoms with Gasteiger partial charge in [-0.25, -0.2) is 13.2 Å². The van der Waals surface area contributed by atoms with E-state index in [0.717, 1.165) is 12.1 Å². The van der Waals surface area contributed by atoms with E-state index in [1.54, 1.807) is 0 Å². The minimum Gasteiger partial charge on any atom is -0.433 e. The summed E-state index contributed by atoms with van der Waals surface area (Å²) in [7, 11) is 0. The Labute approximate surface area is 109 Å². The fourth-order valence-corrected chi connectivity index (χ4v) is 1.32. The summed E-state index contributed by atoms with van der Waals surface area (Å²) in [6, 6.07) is 2.92. The van der Waals surface area contributed by atoms with Gasteiger partial charge in [-0.15, -0.1) is 0 Å². The molecular formula is C11H6F3N3O3. The van der Waals surface area contributed by atoms with Gasteiger partial charge in [0.05, 0.1) is 11.0 Å². The molecule has 0 unspecified atom stereocenters. The molecule has 0 saturated heterocycles. The van der Waals surface area contributed by atoms with E-state index in [-0.39, 0.29) is 0 Å². The Morgan fingerprint density at radius 2 is 1.85 bits per heavy atom. The number of nitrogens with two attached hydrogens (primary N) is 1. The van der Waals surface area contributed by atoms with Crippen molar-refractivity contribution < 1.29 is 22.8 Å². The number of nitro groups is 1. The molecule has 0 radical (unpaired) electrons. The predicted molar refractivity (Wildman–Crippen MR) is 61.7 cm³/mol. The molecule has 0 aliphatic heterocycles. The lowest BCUT2D eigenvalue weighted by Gasteiger charge is -2.07. The van der Waals surface area contributed by atoms with E-state index in [4.69, 9.17) is 10.5 Å². The van der Waals surface area contributed by atoms with Gasteiger partial charge < -0.3 is 10.5 Å². The lowest BCUT2D eigenvalue weighted by atomic mass is 10.3. The second kappa shape index (κ2) is 5.03. The summed E-state index contributed by atoms with van der Waals surface area (Å²) in [5, 5.41) is 10.4. The fourth-order valence-electron chi connectivity index (χ4n) is 1.32. The van der Waals surface area contributed by atoms with E-state index in [1.165, 1.54) is 0 Å². The summed E-state index contributed by atoms with van der Waals surface area (Å²) in [6.07, 6.45) is 0. The monoisotopic (exact) mass is 285 g/mol. The third-order valence-electron chi connectivity index (χ3n) is 2.26. The highest BCUT2D eigenvalue weighted by atomic mass is 19.1. The highest BCUT2D eigenvalue weighted by Crippen LogP contribution is 2.29. The van der Waals surface area contributed by atoms with E-state index in [1.807, 2.05) is 0 Å². The summed E-state index contributed by atoms with van der Waals surface area (Å²) in [4.78, 5) is 12.9. The highest BCUT2D eigenvalue weighted by molar-refractivity contribution is 5.41. The zero-order valence-corrected chi connectivity index (χ0v) is 9.64. The number of hydrogen-bond donors (Lipinski definition) is 1. The number of nitrogens with zero attached hydrogens (tertiary/aromatic N) is 2. The molecule has 2 N–H and O–H groups in total. The molecule has 0 bridgehead atoms. The summed E-state index contributed by atoms with van der Waals surface area (Å²) in [6.45, 7) is 0. The highest BCUT2D eigenvalue weighted by Gasteiger charge is 2.16. The van der Waals surface area contributed by atoms with Crippen LogP contribution in [0, 0.1) is 27.6 Å². The van der Waals surface area contributed by atoms with Gasteiger partial charge in [0, 0.05) is 12.1 Å². The summed E-state index contributed by atoms with van der Waals surface area (Å²) in [5.74, 6) is -5.23. The molecule has 1 aromatic carbocycles.